The zero-order valence-corrected chi connectivity index (χ0v) is 17.0. The summed E-state index contributed by atoms with van der Waals surface area (Å²) in [6.07, 6.45) is 4.43. The second-order valence-electron chi connectivity index (χ2n) is 7.97. The van der Waals surface area contributed by atoms with Crippen LogP contribution in [0.3, 0.4) is 0 Å². The summed E-state index contributed by atoms with van der Waals surface area (Å²) in [5.41, 5.74) is 1.65. The lowest BCUT2D eigenvalue weighted by Gasteiger charge is -2.32. The van der Waals surface area contributed by atoms with E-state index in [-0.39, 0.29) is 5.91 Å². The Kier molecular flexibility index (Phi) is 6.30. The van der Waals surface area contributed by atoms with Crippen molar-refractivity contribution in [2.75, 3.05) is 26.8 Å². The van der Waals surface area contributed by atoms with Gasteiger partial charge in [-0.2, -0.15) is 0 Å². The van der Waals surface area contributed by atoms with Gasteiger partial charge in [0, 0.05) is 31.1 Å². The molecular weight excluding hydrogens is 366 g/mol. The van der Waals surface area contributed by atoms with Gasteiger partial charge >= 0.3 is 0 Å². The van der Waals surface area contributed by atoms with Crippen molar-refractivity contribution < 1.29 is 14.3 Å². The second-order valence-corrected chi connectivity index (χ2v) is 7.97. The Morgan fingerprint density at radius 2 is 2.03 bits per heavy atom. The molecule has 1 aromatic carbocycles. The van der Waals surface area contributed by atoms with Gasteiger partial charge in [-0.25, -0.2) is 4.98 Å². The van der Waals surface area contributed by atoms with Gasteiger partial charge < -0.3 is 14.8 Å². The summed E-state index contributed by atoms with van der Waals surface area (Å²) in [5, 5.41) is 3.05. The smallest absolute Gasteiger partial charge is 0.255 e. The summed E-state index contributed by atoms with van der Waals surface area (Å²) in [6, 6.07) is 13.8. The van der Waals surface area contributed by atoms with E-state index in [0.717, 1.165) is 51.0 Å². The van der Waals surface area contributed by atoms with Crippen molar-refractivity contribution >= 4 is 5.91 Å². The quantitative estimate of drug-likeness (QED) is 0.743. The van der Waals surface area contributed by atoms with E-state index in [4.69, 9.17) is 9.47 Å². The number of piperidine rings is 1. The minimum atomic E-state index is -0.0301. The highest BCUT2D eigenvalue weighted by Gasteiger charge is 2.26. The topological polar surface area (TPSA) is 63.7 Å². The Labute approximate surface area is 172 Å². The molecule has 1 saturated carbocycles. The summed E-state index contributed by atoms with van der Waals surface area (Å²) in [7, 11) is 1.64. The maximum absolute atomic E-state index is 12.5. The Bertz CT molecular complexity index is 838. The summed E-state index contributed by atoms with van der Waals surface area (Å²) < 4.78 is 11.3. The highest BCUT2D eigenvalue weighted by atomic mass is 16.5. The van der Waals surface area contributed by atoms with Gasteiger partial charge in [-0.05, 0) is 50.4 Å². The number of pyridine rings is 1. The number of aromatic nitrogens is 1. The summed E-state index contributed by atoms with van der Waals surface area (Å²) in [4.78, 5) is 19.4. The van der Waals surface area contributed by atoms with Crippen LogP contribution < -0.4 is 14.8 Å². The second kappa shape index (κ2) is 9.27. The van der Waals surface area contributed by atoms with E-state index < -0.39 is 0 Å². The number of carbonyl (C=O) groups excluding carboxylic acids is 1. The van der Waals surface area contributed by atoms with Crippen LogP contribution in [0.25, 0.3) is 0 Å². The molecule has 1 atom stereocenters. The lowest BCUT2D eigenvalue weighted by atomic mass is 9.98. The summed E-state index contributed by atoms with van der Waals surface area (Å²) in [5.74, 6) is 1.74. The van der Waals surface area contributed by atoms with Gasteiger partial charge in [-0.1, -0.05) is 18.2 Å². The Morgan fingerprint density at radius 3 is 2.86 bits per heavy atom. The molecule has 29 heavy (non-hydrogen) atoms. The molecule has 6 nitrogen and oxygen atoms in total. The van der Waals surface area contributed by atoms with Crippen molar-refractivity contribution in [2.24, 2.45) is 5.92 Å². The Hall–Kier alpha value is -2.60. The van der Waals surface area contributed by atoms with Gasteiger partial charge in [-0.15, -0.1) is 0 Å². The number of hydrogen-bond acceptors (Lipinski definition) is 5. The van der Waals surface area contributed by atoms with E-state index in [2.05, 4.69) is 15.2 Å². The van der Waals surface area contributed by atoms with Crippen molar-refractivity contribution in [3.8, 4) is 11.6 Å². The predicted octanol–water partition coefficient (Wildman–Crippen LogP) is 3.27. The largest absolute Gasteiger partial charge is 0.492 e. The molecule has 2 aromatic rings. The molecule has 1 aliphatic carbocycles. The highest BCUT2D eigenvalue weighted by Crippen LogP contribution is 2.25. The van der Waals surface area contributed by atoms with Gasteiger partial charge in [0.05, 0.1) is 25.0 Å². The van der Waals surface area contributed by atoms with Crippen LogP contribution in [0, 0.1) is 5.92 Å². The van der Waals surface area contributed by atoms with Crippen LogP contribution in [0.2, 0.25) is 0 Å². The van der Waals surface area contributed by atoms with Crippen LogP contribution in [0.15, 0.2) is 42.5 Å². The first-order chi connectivity index (χ1) is 14.2. The number of nitrogens with zero attached hydrogens (tertiary/aromatic N) is 2. The minimum Gasteiger partial charge on any atom is -0.492 e. The normalized spacial score (nSPS) is 19.6. The van der Waals surface area contributed by atoms with E-state index >= 15 is 0 Å². The molecular formula is C23H29N3O3. The fourth-order valence-electron chi connectivity index (χ4n) is 3.80. The van der Waals surface area contributed by atoms with Crippen LogP contribution in [0.5, 0.6) is 11.6 Å². The number of hydrogen-bond donors (Lipinski definition) is 1. The maximum atomic E-state index is 12.5. The van der Waals surface area contributed by atoms with Gasteiger partial charge in [0.25, 0.3) is 5.91 Å². The van der Waals surface area contributed by atoms with Crippen molar-refractivity contribution in [1.82, 2.24) is 15.2 Å². The average molecular weight is 396 g/mol. The molecule has 1 saturated heterocycles. The molecule has 2 aliphatic rings. The molecule has 0 spiro atoms. The molecule has 4 rings (SSSR count). The van der Waals surface area contributed by atoms with E-state index in [9.17, 15) is 4.79 Å². The van der Waals surface area contributed by atoms with Crippen LogP contribution in [0.4, 0.5) is 0 Å². The molecule has 2 fully saturated rings. The maximum Gasteiger partial charge on any atom is 0.255 e. The first-order valence-corrected chi connectivity index (χ1v) is 10.5. The fraction of sp³-hybridized carbons (Fsp3) is 0.478. The molecule has 1 aliphatic heterocycles. The third-order valence-corrected chi connectivity index (χ3v) is 5.50. The zero-order valence-electron chi connectivity index (χ0n) is 17.0. The average Bonchev–Trinajstić information content (AvgIpc) is 3.57. The van der Waals surface area contributed by atoms with E-state index in [0.29, 0.717) is 35.8 Å². The summed E-state index contributed by atoms with van der Waals surface area (Å²) in [6.45, 7) is 3.47. The number of amides is 1. The van der Waals surface area contributed by atoms with Crippen molar-refractivity contribution in [3.63, 3.8) is 0 Å². The molecule has 2 heterocycles. The fourth-order valence-corrected chi connectivity index (χ4v) is 3.80. The number of likely N-dealkylation sites (tertiary alicyclic amines) is 1. The molecule has 1 amide bonds. The number of ether oxygens (including phenoxy) is 2. The van der Waals surface area contributed by atoms with Gasteiger partial charge in [0.1, 0.15) is 5.75 Å². The number of methoxy groups -OCH3 is 1. The summed E-state index contributed by atoms with van der Waals surface area (Å²) >= 11 is 0. The zero-order chi connectivity index (χ0) is 20.1. The third kappa shape index (κ3) is 5.48. The first-order valence-electron chi connectivity index (χ1n) is 10.5. The van der Waals surface area contributed by atoms with E-state index in [1.165, 1.54) is 0 Å². The van der Waals surface area contributed by atoms with Gasteiger partial charge in [0.15, 0.2) is 0 Å². The first kappa shape index (κ1) is 19.7. The Balaban J connectivity index is 1.32. The van der Waals surface area contributed by atoms with E-state index in [1.54, 1.807) is 7.11 Å². The predicted molar refractivity (Wildman–Crippen MR) is 111 cm³/mol. The monoisotopic (exact) mass is 395 g/mol. The molecule has 1 N–H and O–H groups in total. The SMILES string of the molecule is COc1cccc(CN2CCCC(COc3ccccc3C(=O)NC3CC3)C2)n1. The molecule has 6 heteroatoms. The lowest BCUT2D eigenvalue weighted by molar-refractivity contribution is 0.0940. The standard InChI is InChI=1S/C23H29N3O3/c1-28-22-10-4-7-19(24-22)15-26-13-5-6-17(14-26)16-29-21-9-3-2-8-20(21)23(27)25-18-11-12-18/h2-4,7-10,17-18H,5-6,11-16H2,1H3,(H,25,27). The number of carbonyl (C=O) groups is 1. The minimum absolute atomic E-state index is 0.0301. The molecule has 1 unspecified atom stereocenters. The molecule has 0 bridgehead atoms. The number of benzene rings is 1. The molecule has 1 aromatic heterocycles. The van der Waals surface area contributed by atoms with Crippen LogP contribution >= 0.6 is 0 Å². The number of para-hydroxylation sites is 1. The van der Waals surface area contributed by atoms with Gasteiger partial charge in [0.2, 0.25) is 5.88 Å². The number of rotatable bonds is 8. The van der Waals surface area contributed by atoms with Crippen LogP contribution in [-0.2, 0) is 6.54 Å². The number of nitrogens with one attached hydrogen (secondary N) is 1. The molecule has 0 radical (unpaired) electrons. The van der Waals surface area contributed by atoms with Crippen molar-refractivity contribution in [2.45, 2.75) is 38.3 Å². The molecule has 154 valence electrons. The lowest BCUT2D eigenvalue weighted by Crippen LogP contribution is -2.37. The van der Waals surface area contributed by atoms with Crippen molar-refractivity contribution in [3.05, 3.63) is 53.7 Å². The Morgan fingerprint density at radius 1 is 1.17 bits per heavy atom. The van der Waals surface area contributed by atoms with Crippen LogP contribution in [-0.4, -0.2) is 48.6 Å². The van der Waals surface area contributed by atoms with Crippen molar-refractivity contribution in [1.29, 1.82) is 0 Å². The highest BCUT2D eigenvalue weighted by molar-refractivity contribution is 5.97. The third-order valence-electron chi connectivity index (χ3n) is 5.50. The van der Waals surface area contributed by atoms with Gasteiger partial charge in [-0.3, -0.25) is 9.69 Å². The van der Waals surface area contributed by atoms with Crippen LogP contribution in [0.1, 0.15) is 41.7 Å². The van der Waals surface area contributed by atoms with E-state index in [1.807, 2.05) is 42.5 Å².